The topological polar surface area (TPSA) is 51.2 Å². The van der Waals surface area contributed by atoms with Crippen LogP contribution in [0.25, 0.3) is 0 Å². The van der Waals surface area contributed by atoms with Gasteiger partial charge < -0.3 is 4.42 Å². The Hall–Kier alpha value is -0.800. The van der Waals surface area contributed by atoms with E-state index in [4.69, 9.17) is 10.3 Å². The number of furan rings is 1. The zero-order valence-electron chi connectivity index (χ0n) is 8.15. The molecule has 14 heavy (non-hydrogen) atoms. The summed E-state index contributed by atoms with van der Waals surface area (Å²) >= 11 is 0. The first-order valence-corrected chi connectivity index (χ1v) is 5.41. The van der Waals surface area contributed by atoms with Crippen LogP contribution >= 0.6 is 0 Å². The molecule has 3 nitrogen and oxygen atoms in total. The molecule has 1 aromatic heterocycles. The summed E-state index contributed by atoms with van der Waals surface area (Å²) in [5.41, 5.74) is 2.90. The minimum Gasteiger partial charge on any atom is -0.468 e. The Morgan fingerprint density at radius 1 is 1.43 bits per heavy atom. The molecule has 3 rings (SSSR count). The van der Waals surface area contributed by atoms with Crippen molar-refractivity contribution in [1.82, 2.24) is 5.43 Å². The van der Waals surface area contributed by atoms with Crippen LogP contribution in [0.2, 0.25) is 0 Å². The molecule has 0 radical (unpaired) electrons. The fraction of sp³-hybridized carbons (Fsp3) is 0.636. The van der Waals surface area contributed by atoms with Crippen molar-refractivity contribution in [3.8, 4) is 0 Å². The van der Waals surface area contributed by atoms with Crippen molar-refractivity contribution in [2.24, 2.45) is 23.6 Å². The molecule has 0 spiro atoms. The van der Waals surface area contributed by atoms with Crippen molar-refractivity contribution in [2.45, 2.75) is 25.3 Å². The molecule has 2 aliphatic carbocycles. The summed E-state index contributed by atoms with van der Waals surface area (Å²) in [6.07, 6.45) is 5.89. The first-order valence-electron chi connectivity index (χ1n) is 5.41. The Labute approximate surface area is 83.6 Å². The van der Waals surface area contributed by atoms with Gasteiger partial charge in [-0.15, -0.1) is 0 Å². The SMILES string of the molecule is NNC(c1ccco1)C1C2CCCC21. The van der Waals surface area contributed by atoms with E-state index in [9.17, 15) is 0 Å². The van der Waals surface area contributed by atoms with E-state index >= 15 is 0 Å². The molecule has 3 atom stereocenters. The summed E-state index contributed by atoms with van der Waals surface area (Å²) in [5, 5.41) is 0. The van der Waals surface area contributed by atoms with Gasteiger partial charge in [-0.1, -0.05) is 6.42 Å². The lowest BCUT2D eigenvalue weighted by Crippen LogP contribution is -2.30. The summed E-state index contributed by atoms with van der Waals surface area (Å²) < 4.78 is 5.41. The smallest absolute Gasteiger partial charge is 0.122 e. The molecule has 3 unspecified atom stereocenters. The molecule has 2 aliphatic rings. The van der Waals surface area contributed by atoms with E-state index < -0.39 is 0 Å². The van der Waals surface area contributed by atoms with Crippen LogP contribution in [0.4, 0.5) is 0 Å². The standard InChI is InChI=1S/C11H16N2O/c12-13-11(9-5-2-6-14-9)10-7-3-1-4-8(7)10/h2,5-8,10-11,13H,1,3-4,12H2. The molecule has 0 aliphatic heterocycles. The highest BCUT2D eigenvalue weighted by atomic mass is 16.3. The van der Waals surface area contributed by atoms with Crippen molar-refractivity contribution in [3.63, 3.8) is 0 Å². The van der Waals surface area contributed by atoms with E-state index in [2.05, 4.69) is 5.43 Å². The van der Waals surface area contributed by atoms with E-state index in [0.29, 0.717) is 0 Å². The Balaban J connectivity index is 1.77. The van der Waals surface area contributed by atoms with Crippen molar-refractivity contribution in [3.05, 3.63) is 24.2 Å². The highest BCUT2D eigenvalue weighted by molar-refractivity contribution is 5.14. The van der Waals surface area contributed by atoms with Gasteiger partial charge in [0.05, 0.1) is 12.3 Å². The number of hydrogen-bond acceptors (Lipinski definition) is 3. The van der Waals surface area contributed by atoms with Crippen LogP contribution in [0, 0.1) is 17.8 Å². The third-order valence-corrected chi connectivity index (χ3v) is 3.89. The van der Waals surface area contributed by atoms with Crippen LogP contribution in [-0.2, 0) is 0 Å². The quantitative estimate of drug-likeness (QED) is 0.567. The second-order valence-corrected chi connectivity index (χ2v) is 4.50. The van der Waals surface area contributed by atoms with Crippen LogP contribution in [0.15, 0.2) is 22.8 Å². The van der Waals surface area contributed by atoms with Gasteiger partial charge in [0.1, 0.15) is 5.76 Å². The van der Waals surface area contributed by atoms with Crippen LogP contribution in [-0.4, -0.2) is 0 Å². The van der Waals surface area contributed by atoms with Gasteiger partial charge in [-0.25, -0.2) is 5.43 Å². The lowest BCUT2D eigenvalue weighted by Gasteiger charge is -2.14. The summed E-state index contributed by atoms with van der Waals surface area (Å²) in [6.45, 7) is 0. The molecule has 1 heterocycles. The highest BCUT2D eigenvalue weighted by Crippen LogP contribution is 2.61. The van der Waals surface area contributed by atoms with Gasteiger partial charge in [0.2, 0.25) is 0 Å². The Morgan fingerprint density at radius 2 is 2.21 bits per heavy atom. The van der Waals surface area contributed by atoms with Gasteiger partial charge in [-0.05, 0) is 42.7 Å². The molecule has 3 N–H and O–H groups in total. The lowest BCUT2D eigenvalue weighted by atomic mass is 10.0. The van der Waals surface area contributed by atoms with E-state index in [1.165, 1.54) is 19.3 Å². The number of hydrazine groups is 1. The van der Waals surface area contributed by atoms with Crippen LogP contribution in [0.5, 0.6) is 0 Å². The minimum atomic E-state index is 0.236. The second kappa shape index (κ2) is 3.11. The van der Waals surface area contributed by atoms with E-state index in [-0.39, 0.29) is 6.04 Å². The summed E-state index contributed by atoms with van der Waals surface area (Å²) in [7, 11) is 0. The zero-order chi connectivity index (χ0) is 9.54. The fourth-order valence-corrected chi connectivity index (χ4v) is 3.22. The van der Waals surface area contributed by atoms with Crippen LogP contribution in [0.3, 0.4) is 0 Å². The maximum absolute atomic E-state index is 5.60. The summed E-state index contributed by atoms with van der Waals surface area (Å²) in [6, 6.07) is 4.18. The van der Waals surface area contributed by atoms with Gasteiger partial charge in [0.15, 0.2) is 0 Å². The third kappa shape index (κ3) is 1.12. The monoisotopic (exact) mass is 192 g/mol. The molecule has 1 aromatic rings. The second-order valence-electron chi connectivity index (χ2n) is 4.50. The maximum Gasteiger partial charge on any atom is 0.122 e. The van der Waals surface area contributed by atoms with Gasteiger partial charge in [-0.3, -0.25) is 5.84 Å². The first kappa shape index (κ1) is 8.50. The number of nitrogens with two attached hydrogens (primary N) is 1. The van der Waals surface area contributed by atoms with Gasteiger partial charge >= 0.3 is 0 Å². The molecule has 0 amide bonds. The predicted octanol–water partition coefficient (Wildman–Crippen LogP) is 1.83. The molecule has 0 saturated heterocycles. The largest absolute Gasteiger partial charge is 0.468 e. The van der Waals surface area contributed by atoms with Crippen molar-refractivity contribution in [1.29, 1.82) is 0 Å². The first-order chi connectivity index (χ1) is 6.92. The van der Waals surface area contributed by atoms with Crippen molar-refractivity contribution >= 4 is 0 Å². The van der Waals surface area contributed by atoms with E-state index in [0.717, 1.165) is 23.5 Å². The molecule has 3 heteroatoms. The van der Waals surface area contributed by atoms with Gasteiger partial charge in [0.25, 0.3) is 0 Å². The van der Waals surface area contributed by atoms with Crippen LogP contribution in [0.1, 0.15) is 31.1 Å². The van der Waals surface area contributed by atoms with Gasteiger partial charge in [-0.2, -0.15) is 0 Å². The molecule has 2 fully saturated rings. The Bertz CT molecular complexity index is 299. The number of nitrogens with one attached hydrogen (secondary N) is 1. The van der Waals surface area contributed by atoms with E-state index in [1.54, 1.807) is 6.26 Å². The van der Waals surface area contributed by atoms with E-state index in [1.807, 2.05) is 12.1 Å². The molecule has 0 bridgehead atoms. The van der Waals surface area contributed by atoms with Crippen molar-refractivity contribution in [2.75, 3.05) is 0 Å². The molecule has 2 saturated carbocycles. The average Bonchev–Trinajstić information content (AvgIpc) is 2.67. The number of hydrogen-bond donors (Lipinski definition) is 2. The Kier molecular flexibility index (Phi) is 1.89. The van der Waals surface area contributed by atoms with Crippen molar-refractivity contribution < 1.29 is 4.42 Å². The van der Waals surface area contributed by atoms with Gasteiger partial charge in [0, 0.05) is 0 Å². The summed E-state index contributed by atoms with van der Waals surface area (Å²) in [4.78, 5) is 0. The Morgan fingerprint density at radius 3 is 2.79 bits per heavy atom. The number of fused-ring (bicyclic) bond motifs is 1. The normalized spacial score (nSPS) is 36.8. The molecule has 76 valence electrons. The molecular weight excluding hydrogens is 176 g/mol. The molecular formula is C11H16N2O. The number of rotatable bonds is 3. The fourth-order valence-electron chi connectivity index (χ4n) is 3.22. The lowest BCUT2D eigenvalue weighted by molar-refractivity contribution is 0.353. The minimum absolute atomic E-state index is 0.236. The third-order valence-electron chi connectivity index (χ3n) is 3.89. The highest BCUT2D eigenvalue weighted by Gasteiger charge is 2.56. The molecule has 0 aromatic carbocycles. The van der Waals surface area contributed by atoms with Crippen LogP contribution < -0.4 is 11.3 Å². The zero-order valence-corrected chi connectivity index (χ0v) is 8.15. The predicted molar refractivity (Wildman–Crippen MR) is 53.1 cm³/mol. The maximum atomic E-state index is 5.60. The summed E-state index contributed by atoms with van der Waals surface area (Å²) in [5.74, 6) is 9.12. The average molecular weight is 192 g/mol.